The van der Waals surface area contributed by atoms with E-state index in [1.54, 1.807) is 12.1 Å². The van der Waals surface area contributed by atoms with Crippen molar-refractivity contribution in [1.82, 2.24) is 0 Å². The number of anilines is 1. The molecule has 0 atom stereocenters. The van der Waals surface area contributed by atoms with Crippen molar-refractivity contribution in [3.05, 3.63) is 30.1 Å². The second-order valence-corrected chi connectivity index (χ2v) is 4.24. The van der Waals surface area contributed by atoms with Crippen molar-refractivity contribution < 1.29 is 14.3 Å². The van der Waals surface area contributed by atoms with Crippen LogP contribution in [-0.2, 0) is 4.79 Å². The normalized spacial score (nSPS) is 26.7. The number of carbonyl (C=O) groups is 1. The summed E-state index contributed by atoms with van der Waals surface area (Å²) in [4.78, 5) is 10.7. The summed E-state index contributed by atoms with van der Waals surface area (Å²) in [5.41, 5.74) is -0.719. The molecule has 88 valence electrons. The van der Waals surface area contributed by atoms with Gasteiger partial charge in [0.25, 0.3) is 0 Å². The topological polar surface area (TPSA) is 73.1 Å². The molecule has 0 heterocycles. The van der Waals surface area contributed by atoms with Gasteiger partial charge in [0.2, 0.25) is 0 Å². The van der Waals surface area contributed by atoms with Crippen LogP contribution in [0.1, 0.15) is 12.8 Å². The van der Waals surface area contributed by atoms with Crippen LogP contribution in [0.15, 0.2) is 24.3 Å². The number of nitriles is 1. The smallest absolute Gasteiger partial charge is 0.306 e. The second kappa shape index (κ2) is 4.06. The van der Waals surface area contributed by atoms with Crippen LogP contribution >= 0.6 is 0 Å². The average molecular weight is 234 g/mol. The summed E-state index contributed by atoms with van der Waals surface area (Å²) in [6, 6.07) is 8.07. The van der Waals surface area contributed by atoms with Crippen LogP contribution < -0.4 is 5.32 Å². The highest BCUT2D eigenvalue weighted by molar-refractivity contribution is 5.73. The van der Waals surface area contributed by atoms with Crippen molar-refractivity contribution >= 4 is 11.7 Å². The molecule has 1 aromatic carbocycles. The van der Waals surface area contributed by atoms with Gasteiger partial charge >= 0.3 is 5.97 Å². The van der Waals surface area contributed by atoms with E-state index in [0.29, 0.717) is 0 Å². The van der Waals surface area contributed by atoms with Crippen molar-refractivity contribution in [2.75, 3.05) is 5.32 Å². The Morgan fingerprint density at radius 1 is 1.53 bits per heavy atom. The maximum Gasteiger partial charge on any atom is 0.306 e. The Balaban J connectivity index is 2.11. The highest BCUT2D eigenvalue weighted by atomic mass is 19.1. The van der Waals surface area contributed by atoms with E-state index in [4.69, 9.17) is 10.4 Å². The SMILES string of the molecule is N#CC1(Nc2ccccc2F)CC(C(=O)O)C1. The van der Waals surface area contributed by atoms with Gasteiger partial charge in [-0.2, -0.15) is 5.26 Å². The zero-order valence-electron chi connectivity index (χ0n) is 8.98. The van der Waals surface area contributed by atoms with Crippen LogP contribution in [0.5, 0.6) is 0 Å². The first-order chi connectivity index (χ1) is 8.06. The molecule has 17 heavy (non-hydrogen) atoms. The van der Waals surface area contributed by atoms with Gasteiger partial charge < -0.3 is 10.4 Å². The van der Waals surface area contributed by atoms with Gasteiger partial charge in [0, 0.05) is 0 Å². The number of nitrogens with one attached hydrogen (secondary N) is 1. The number of rotatable bonds is 3. The molecule has 0 saturated heterocycles. The van der Waals surface area contributed by atoms with E-state index in [2.05, 4.69) is 5.32 Å². The molecule has 0 aromatic heterocycles. The first-order valence-electron chi connectivity index (χ1n) is 5.23. The highest BCUT2D eigenvalue weighted by Crippen LogP contribution is 2.40. The molecular weight excluding hydrogens is 223 g/mol. The van der Waals surface area contributed by atoms with Gasteiger partial charge in [0.05, 0.1) is 17.7 Å². The molecule has 1 saturated carbocycles. The van der Waals surface area contributed by atoms with E-state index in [1.165, 1.54) is 12.1 Å². The minimum atomic E-state index is -0.953. The van der Waals surface area contributed by atoms with Gasteiger partial charge in [-0.1, -0.05) is 12.1 Å². The quantitative estimate of drug-likeness (QED) is 0.838. The summed E-state index contributed by atoms with van der Waals surface area (Å²) in [7, 11) is 0. The predicted molar refractivity (Wildman–Crippen MR) is 58.7 cm³/mol. The van der Waals surface area contributed by atoms with Crippen molar-refractivity contribution in [1.29, 1.82) is 5.26 Å². The average Bonchev–Trinajstić information content (AvgIpc) is 2.25. The number of hydrogen-bond donors (Lipinski definition) is 2. The fraction of sp³-hybridized carbons (Fsp3) is 0.333. The zero-order valence-corrected chi connectivity index (χ0v) is 8.98. The molecule has 2 N–H and O–H groups in total. The number of carboxylic acids is 1. The molecule has 1 fully saturated rings. The van der Waals surface area contributed by atoms with Crippen LogP contribution in [0.25, 0.3) is 0 Å². The first kappa shape index (κ1) is 11.4. The van der Waals surface area contributed by atoms with Gasteiger partial charge in [0.15, 0.2) is 0 Å². The largest absolute Gasteiger partial charge is 0.481 e. The second-order valence-electron chi connectivity index (χ2n) is 4.24. The molecule has 5 heteroatoms. The van der Waals surface area contributed by atoms with Crippen LogP contribution in [-0.4, -0.2) is 16.6 Å². The lowest BCUT2D eigenvalue weighted by molar-refractivity contribution is -0.145. The molecule has 0 aliphatic heterocycles. The van der Waals surface area contributed by atoms with Gasteiger partial charge in [0.1, 0.15) is 11.4 Å². The lowest BCUT2D eigenvalue weighted by Crippen LogP contribution is -2.51. The third-order valence-corrected chi connectivity index (χ3v) is 3.00. The maximum absolute atomic E-state index is 13.4. The van der Waals surface area contributed by atoms with E-state index in [9.17, 15) is 9.18 Å². The summed E-state index contributed by atoms with van der Waals surface area (Å²) < 4.78 is 13.4. The molecule has 1 aliphatic carbocycles. The molecule has 0 amide bonds. The molecule has 1 aromatic rings. The third-order valence-electron chi connectivity index (χ3n) is 3.00. The molecule has 4 nitrogen and oxygen atoms in total. The maximum atomic E-state index is 13.4. The van der Waals surface area contributed by atoms with Gasteiger partial charge in [-0.25, -0.2) is 4.39 Å². The summed E-state index contributed by atoms with van der Waals surface area (Å²) >= 11 is 0. The fourth-order valence-corrected chi connectivity index (χ4v) is 2.00. The number of hydrogen-bond acceptors (Lipinski definition) is 3. The van der Waals surface area contributed by atoms with Gasteiger partial charge in [-0.3, -0.25) is 4.79 Å². The molecule has 2 rings (SSSR count). The van der Waals surface area contributed by atoms with Gasteiger partial charge in [-0.05, 0) is 25.0 Å². The van der Waals surface area contributed by atoms with E-state index < -0.39 is 23.2 Å². The number of nitrogens with zero attached hydrogens (tertiary/aromatic N) is 1. The zero-order chi connectivity index (χ0) is 12.5. The predicted octanol–water partition coefficient (Wildman–Crippen LogP) is 1.99. The number of benzene rings is 1. The fourth-order valence-electron chi connectivity index (χ4n) is 2.00. The van der Waals surface area contributed by atoms with Crippen molar-refractivity contribution in [3.8, 4) is 6.07 Å². The van der Waals surface area contributed by atoms with Crippen LogP contribution in [0.4, 0.5) is 10.1 Å². The minimum Gasteiger partial charge on any atom is -0.481 e. The van der Waals surface area contributed by atoms with Crippen LogP contribution in [0.3, 0.4) is 0 Å². The monoisotopic (exact) mass is 234 g/mol. The standard InChI is InChI=1S/C12H11FN2O2/c13-9-3-1-2-4-10(9)15-12(7-14)5-8(6-12)11(16)17/h1-4,8,15H,5-6H2,(H,16,17). The number of aliphatic carboxylic acids is 1. The van der Waals surface area contributed by atoms with E-state index in [1.807, 2.05) is 6.07 Å². The summed E-state index contributed by atoms with van der Waals surface area (Å²) in [6.45, 7) is 0. The number of halogens is 1. The Bertz CT molecular complexity index is 490. The summed E-state index contributed by atoms with van der Waals surface area (Å²) in [5, 5.41) is 20.6. The molecule has 0 bridgehead atoms. The summed E-state index contributed by atoms with van der Waals surface area (Å²) in [5.74, 6) is -1.87. The lowest BCUT2D eigenvalue weighted by atomic mass is 9.69. The Labute approximate surface area is 97.7 Å². The Morgan fingerprint density at radius 2 is 2.18 bits per heavy atom. The Morgan fingerprint density at radius 3 is 2.71 bits per heavy atom. The van der Waals surface area contributed by atoms with E-state index in [0.717, 1.165) is 0 Å². The van der Waals surface area contributed by atoms with E-state index in [-0.39, 0.29) is 18.5 Å². The molecule has 0 spiro atoms. The molecule has 1 aliphatic rings. The molecule has 0 radical (unpaired) electrons. The number of carboxylic acid groups (broad SMARTS) is 1. The molecular formula is C12H11FN2O2. The minimum absolute atomic E-state index is 0.202. The highest BCUT2D eigenvalue weighted by Gasteiger charge is 2.48. The summed E-state index contributed by atoms with van der Waals surface area (Å²) in [6.07, 6.45) is 0.403. The first-order valence-corrected chi connectivity index (χ1v) is 5.23. The van der Waals surface area contributed by atoms with Crippen LogP contribution in [0.2, 0.25) is 0 Å². The van der Waals surface area contributed by atoms with Crippen molar-refractivity contribution in [2.24, 2.45) is 5.92 Å². The van der Waals surface area contributed by atoms with Crippen molar-refractivity contribution in [3.63, 3.8) is 0 Å². The number of para-hydroxylation sites is 1. The lowest BCUT2D eigenvalue weighted by Gasteiger charge is -2.41. The Hall–Kier alpha value is -2.09. The third kappa shape index (κ3) is 2.07. The van der Waals surface area contributed by atoms with Crippen molar-refractivity contribution in [2.45, 2.75) is 18.4 Å². The Kier molecular flexibility index (Phi) is 2.72. The van der Waals surface area contributed by atoms with Gasteiger partial charge in [-0.15, -0.1) is 0 Å². The van der Waals surface area contributed by atoms with Crippen LogP contribution in [0, 0.1) is 23.1 Å². The molecule has 0 unspecified atom stereocenters. The van der Waals surface area contributed by atoms with E-state index >= 15 is 0 Å².